The van der Waals surface area contributed by atoms with Gasteiger partial charge in [0.05, 0.1) is 6.04 Å². The van der Waals surface area contributed by atoms with Crippen LogP contribution < -0.4 is 11.1 Å². The minimum absolute atomic E-state index is 0.255. The summed E-state index contributed by atoms with van der Waals surface area (Å²) in [7, 11) is 0. The number of nitrogens with one attached hydrogen (secondary N) is 1. The zero-order valence-corrected chi connectivity index (χ0v) is 7.39. The molecule has 64 valence electrons. The molecule has 0 spiro atoms. The van der Waals surface area contributed by atoms with E-state index in [4.69, 9.17) is 5.73 Å². The number of thiol groups is 1. The van der Waals surface area contributed by atoms with Crippen LogP contribution in [-0.2, 0) is 9.59 Å². The fraction of sp³-hybridized carbons (Fsp3) is 0.667. The van der Waals surface area contributed by atoms with Gasteiger partial charge in [0.1, 0.15) is 0 Å². The van der Waals surface area contributed by atoms with E-state index in [-0.39, 0.29) is 5.25 Å². The average molecular weight is 176 g/mol. The molecule has 11 heavy (non-hydrogen) atoms. The summed E-state index contributed by atoms with van der Waals surface area (Å²) in [5.74, 6) is -0.889. The minimum atomic E-state index is -0.734. The molecule has 0 aromatic carbocycles. The number of nitrogens with two attached hydrogens (primary N) is 1. The van der Waals surface area contributed by atoms with E-state index in [9.17, 15) is 9.59 Å². The van der Waals surface area contributed by atoms with Gasteiger partial charge in [0.2, 0.25) is 11.8 Å². The molecule has 0 bridgehead atoms. The van der Waals surface area contributed by atoms with E-state index in [1.807, 2.05) is 0 Å². The second kappa shape index (κ2) is 4.35. The lowest BCUT2D eigenvalue weighted by atomic mass is 10.2. The largest absolute Gasteiger partial charge is 0.319 e. The summed E-state index contributed by atoms with van der Waals surface area (Å²) in [6.45, 7) is 2.95. The number of rotatable bonds is 2. The summed E-state index contributed by atoms with van der Waals surface area (Å²) in [4.78, 5) is 21.3. The standard InChI is InChI=1S/C6H12N2O2S/c1-3(11)5(7)6(10)8-4(2)9/h3,5,11H,7H2,1-2H3,(H,8,9,10). The molecule has 2 atom stereocenters. The number of hydrogen-bond donors (Lipinski definition) is 3. The highest BCUT2D eigenvalue weighted by Crippen LogP contribution is 1.97. The monoisotopic (exact) mass is 176 g/mol. The topological polar surface area (TPSA) is 72.2 Å². The molecule has 0 aromatic rings. The predicted molar refractivity (Wildman–Crippen MR) is 45.2 cm³/mol. The first kappa shape index (κ1) is 10.4. The van der Waals surface area contributed by atoms with E-state index in [1.54, 1.807) is 6.92 Å². The molecule has 0 aliphatic carbocycles. The lowest BCUT2D eigenvalue weighted by molar-refractivity contribution is -0.129. The van der Waals surface area contributed by atoms with Crippen molar-refractivity contribution >= 4 is 24.4 Å². The zero-order valence-electron chi connectivity index (χ0n) is 6.50. The Morgan fingerprint density at radius 3 is 2.27 bits per heavy atom. The van der Waals surface area contributed by atoms with Gasteiger partial charge < -0.3 is 5.73 Å². The van der Waals surface area contributed by atoms with E-state index >= 15 is 0 Å². The Bertz CT molecular complexity index is 170. The summed E-state index contributed by atoms with van der Waals surface area (Å²) >= 11 is 3.96. The van der Waals surface area contributed by atoms with Crippen LogP contribution in [0, 0.1) is 0 Å². The second-order valence-electron chi connectivity index (χ2n) is 2.31. The van der Waals surface area contributed by atoms with Gasteiger partial charge >= 0.3 is 0 Å². The summed E-state index contributed by atoms with van der Waals surface area (Å²) in [5, 5.41) is 1.82. The van der Waals surface area contributed by atoms with Crippen LogP contribution >= 0.6 is 12.6 Å². The smallest absolute Gasteiger partial charge is 0.244 e. The molecule has 2 amide bonds. The molecule has 4 nitrogen and oxygen atoms in total. The Morgan fingerprint density at radius 2 is 2.00 bits per heavy atom. The SMILES string of the molecule is CC(=O)NC(=O)C(N)C(C)S. The molecule has 2 unspecified atom stereocenters. The highest BCUT2D eigenvalue weighted by Gasteiger charge is 2.18. The van der Waals surface area contributed by atoms with E-state index in [2.05, 4.69) is 17.9 Å². The Labute approximate surface area is 70.9 Å². The van der Waals surface area contributed by atoms with Crippen LogP contribution in [0.4, 0.5) is 0 Å². The van der Waals surface area contributed by atoms with E-state index in [0.29, 0.717) is 0 Å². The third kappa shape index (κ3) is 4.00. The predicted octanol–water partition coefficient (Wildman–Crippen LogP) is -0.705. The van der Waals surface area contributed by atoms with Crippen molar-refractivity contribution < 1.29 is 9.59 Å². The summed E-state index contributed by atoms with van der Waals surface area (Å²) in [6, 6.07) is -0.734. The van der Waals surface area contributed by atoms with Crippen molar-refractivity contribution in [3.05, 3.63) is 0 Å². The molecule has 0 aliphatic rings. The maximum Gasteiger partial charge on any atom is 0.244 e. The van der Waals surface area contributed by atoms with Gasteiger partial charge in [-0.05, 0) is 0 Å². The fourth-order valence-corrected chi connectivity index (χ4v) is 0.611. The quantitative estimate of drug-likeness (QED) is 0.487. The Hall–Kier alpha value is -0.550. The van der Waals surface area contributed by atoms with Gasteiger partial charge in [-0.2, -0.15) is 12.6 Å². The van der Waals surface area contributed by atoms with Crippen LogP contribution in [0.2, 0.25) is 0 Å². The lowest BCUT2D eigenvalue weighted by Crippen LogP contribution is -2.46. The van der Waals surface area contributed by atoms with Crippen LogP contribution in [0.15, 0.2) is 0 Å². The number of hydrogen-bond acceptors (Lipinski definition) is 4. The first-order valence-corrected chi connectivity index (χ1v) is 3.72. The first-order chi connectivity index (χ1) is 4.95. The summed E-state index contributed by atoms with van der Waals surface area (Å²) in [5.41, 5.74) is 5.37. The third-order valence-electron chi connectivity index (χ3n) is 1.12. The van der Waals surface area contributed by atoms with E-state index in [0.717, 1.165) is 0 Å². The third-order valence-corrected chi connectivity index (χ3v) is 1.44. The molecule has 0 fully saturated rings. The first-order valence-electron chi connectivity index (χ1n) is 3.20. The van der Waals surface area contributed by atoms with Gasteiger partial charge in [0.25, 0.3) is 0 Å². The maximum absolute atomic E-state index is 10.9. The van der Waals surface area contributed by atoms with Gasteiger partial charge in [-0.15, -0.1) is 0 Å². The molecule has 0 saturated heterocycles. The molecule has 5 heteroatoms. The second-order valence-corrected chi connectivity index (χ2v) is 3.13. The van der Waals surface area contributed by atoms with Crippen LogP contribution in [0.1, 0.15) is 13.8 Å². The van der Waals surface area contributed by atoms with Crippen molar-refractivity contribution in [1.82, 2.24) is 5.32 Å². The van der Waals surface area contributed by atoms with Gasteiger partial charge in [-0.3, -0.25) is 14.9 Å². The van der Waals surface area contributed by atoms with Crippen LogP contribution in [0.3, 0.4) is 0 Å². The summed E-state index contributed by atoms with van der Waals surface area (Å²) in [6.07, 6.45) is 0. The normalized spacial score (nSPS) is 15.3. The van der Waals surface area contributed by atoms with Crippen molar-refractivity contribution in [3.8, 4) is 0 Å². The molecule has 0 rings (SSSR count). The maximum atomic E-state index is 10.9. The van der Waals surface area contributed by atoms with Crippen LogP contribution in [0.25, 0.3) is 0 Å². The van der Waals surface area contributed by atoms with Crippen molar-refractivity contribution in [2.24, 2.45) is 5.73 Å². The molecule has 0 radical (unpaired) electrons. The molecule has 0 heterocycles. The lowest BCUT2D eigenvalue weighted by Gasteiger charge is -2.12. The van der Waals surface area contributed by atoms with E-state index in [1.165, 1.54) is 6.92 Å². The Kier molecular flexibility index (Phi) is 4.14. The number of imide groups is 1. The van der Waals surface area contributed by atoms with Crippen molar-refractivity contribution in [2.75, 3.05) is 0 Å². The zero-order chi connectivity index (χ0) is 9.02. The van der Waals surface area contributed by atoms with Crippen LogP contribution in [-0.4, -0.2) is 23.1 Å². The van der Waals surface area contributed by atoms with E-state index < -0.39 is 17.9 Å². The van der Waals surface area contributed by atoms with Crippen LogP contribution in [0.5, 0.6) is 0 Å². The average Bonchev–Trinajstić information content (AvgIpc) is 1.84. The molecule has 0 saturated carbocycles. The number of carbonyl (C=O) groups is 2. The fourth-order valence-electron chi connectivity index (χ4n) is 0.476. The number of amides is 2. The van der Waals surface area contributed by atoms with Crippen molar-refractivity contribution in [2.45, 2.75) is 25.1 Å². The van der Waals surface area contributed by atoms with Gasteiger partial charge in [-0.25, -0.2) is 0 Å². The number of carbonyl (C=O) groups excluding carboxylic acids is 2. The van der Waals surface area contributed by atoms with Crippen molar-refractivity contribution in [1.29, 1.82) is 0 Å². The van der Waals surface area contributed by atoms with Crippen molar-refractivity contribution in [3.63, 3.8) is 0 Å². The van der Waals surface area contributed by atoms with Gasteiger partial charge in [0.15, 0.2) is 0 Å². The Morgan fingerprint density at radius 1 is 1.55 bits per heavy atom. The Balaban J connectivity index is 3.93. The molecular formula is C6H12N2O2S. The molecule has 0 aliphatic heterocycles. The molecule has 3 N–H and O–H groups in total. The van der Waals surface area contributed by atoms with Gasteiger partial charge in [-0.1, -0.05) is 6.92 Å². The highest BCUT2D eigenvalue weighted by atomic mass is 32.1. The minimum Gasteiger partial charge on any atom is -0.319 e. The summed E-state index contributed by atoms with van der Waals surface area (Å²) < 4.78 is 0. The highest BCUT2D eigenvalue weighted by molar-refractivity contribution is 7.81. The van der Waals surface area contributed by atoms with Gasteiger partial charge in [0, 0.05) is 12.2 Å². The molecule has 0 aromatic heterocycles. The molecular weight excluding hydrogens is 164 g/mol.